The monoisotopic (exact) mass is 413 g/mol. The lowest BCUT2D eigenvalue weighted by atomic mass is 10.2. The Balaban J connectivity index is 1.58. The highest BCUT2D eigenvalue weighted by atomic mass is 35.5. The molecular formula is C20H20ClN5OS. The summed E-state index contributed by atoms with van der Waals surface area (Å²) < 4.78 is 1.93. The summed E-state index contributed by atoms with van der Waals surface area (Å²) in [5.74, 6) is 1.01. The van der Waals surface area contributed by atoms with Gasteiger partial charge in [-0.1, -0.05) is 36.2 Å². The van der Waals surface area contributed by atoms with Gasteiger partial charge >= 0.3 is 0 Å². The van der Waals surface area contributed by atoms with Crippen LogP contribution in [0.1, 0.15) is 25.7 Å². The van der Waals surface area contributed by atoms with Crippen LogP contribution in [0, 0.1) is 0 Å². The van der Waals surface area contributed by atoms with E-state index in [0.717, 1.165) is 24.1 Å². The Bertz CT molecular complexity index is 939. The molecule has 0 atom stereocenters. The Hall–Kier alpha value is -2.38. The number of pyridine rings is 1. The molecular weight excluding hydrogens is 394 g/mol. The number of carbonyl (C=O) groups is 1. The molecule has 8 heteroatoms. The molecule has 0 bridgehead atoms. The number of thioether (sulfide) groups is 1. The maximum absolute atomic E-state index is 12.3. The van der Waals surface area contributed by atoms with Gasteiger partial charge in [0.05, 0.1) is 5.75 Å². The number of halogens is 1. The fourth-order valence-electron chi connectivity index (χ4n) is 3.34. The summed E-state index contributed by atoms with van der Waals surface area (Å²) in [5.41, 5.74) is 1.74. The van der Waals surface area contributed by atoms with Gasteiger partial charge in [-0.05, 0) is 49.2 Å². The smallest absolute Gasteiger partial charge is 0.230 e. The van der Waals surface area contributed by atoms with Crippen LogP contribution < -0.4 is 5.32 Å². The zero-order valence-electron chi connectivity index (χ0n) is 15.2. The number of nitrogens with zero attached hydrogens (tertiary/aromatic N) is 4. The SMILES string of the molecule is O=C(CSc1nnc(-c2cccnc2)n1-c1ccc(Cl)cc1)NC1CCCC1. The predicted octanol–water partition coefficient (Wildman–Crippen LogP) is 4.13. The number of benzene rings is 1. The van der Waals surface area contributed by atoms with E-state index in [1.54, 1.807) is 12.4 Å². The zero-order chi connectivity index (χ0) is 19.3. The molecule has 0 aliphatic heterocycles. The van der Waals surface area contributed by atoms with E-state index in [2.05, 4.69) is 20.5 Å². The van der Waals surface area contributed by atoms with Crippen LogP contribution in [-0.4, -0.2) is 37.5 Å². The third kappa shape index (κ3) is 4.36. The summed E-state index contributed by atoms with van der Waals surface area (Å²) in [5, 5.41) is 13.1. The van der Waals surface area contributed by atoms with Crippen LogP contribution in [0.3, 0.4) is 0 Å². The molecule has 2 heterocycles. The fraction of sp³-hybridized carbons (Fsp3) is 0.300. The molecule has 3 aromatic rings. The summed E-state index contributed by atoms with van der Waals surface area (Å²) in [6.45, 7) is 0. The molecule has 1 amide bonds. The average Bonchev–Trinajstić information content (AvgIpc) is 3.37. The molecule has 0 saturated heterocycles. The van der Waals surface area contributed by atoms with Crippen LogP contribution in [0.15, 0.2) is 53.9 Å². The Morgan fingerprint density at radius 1 is 1.18 bits per heavy atom. The van der Waals surface area contributed by atoms with Crippen molar-refractivity contribution in [3.63, 3.8) is 0 Å². The van der Waals surface area contributed by atoms with Gasteiger partial charge in [0.1, 0.15) is 0 Å². The fourth-order valence-corrected chi connectivity index (χ4v) is 4.23. The van der Waals surface area contributed by atoms with Gasteiger partial charge in [-0.2, -0.15) is 0 Å². The minimum absolute atomic E-state index is 0.0329. The van der Waals surface area contributed by atoms with Crippen molar-refractivity contribution in [2.75, 3.05) is 5.75 Å². The van der Waals surface area contributed by atoms with Gasteiger partial charge in [-0.15, -0.1) is 10.2 Å². The summed E-state index contributed by atoms with van der Waals surface area (Å²) in [6, 6.07) is 11.6. The molecule has 144 valence electrons. The largest absolute Gasteiger partial charge is 0.353 e. The molecule has 6 nitrogen and oxygen atoms in total. The van der Waals surface area contributed by atoms with Gasteiger partial charge in [0.15, 0.2) is 11.0 Å². The molecule has 2 aromatic heterocycles. The van der Waals surface area contributed by atoms with Crippen molar-refractivity contribution < 1.29 is 4.79 Å². The standard InChI is InChI=1S/C20H20ClN5OS/c21-15-7-9-17(10-8-15)26-19(14-4-3-11-22-12-14)24-25-20(26)28-13-18(27)23-16-5-1-2-6-16/h3-4,7-12,16H,1-2,5-6,13H2,(H,23,27). The molecule has 1 fully saturated rings. The van der Waals surface area contributed by atoms with Crippen LogP contribution in [0.2, 0.25) is 5.02 Å². The third-order valence-corrected chi connectivity index (χ3v) is 5.87. The van der Waals surface area contributed by atoms with Crippen molar-refractivity contribution in [3.8, 4) is 17.1 Å². The number of hydrogen-bond acceptors (Lipinski definition) is 5. The molecule has 1 aliphatic carbocycles. The van der Waals surface area contributed by atoms with E-state index in [0.29, 0.717) is 27.8 Å². The van der Waals surface area contributed by atoms with E-state index >= 15 is 0 Å². The molecule has 0 spiro atoms. The predicted molar refractivity (Wildman–Crippen MR) is 111 cm³/mol. The summed E-state index contributed by atoms with van der Waals surface area (Å²) in [6.07, 6.45) is 7.99. The highest BCUT2D eigenvalue weighted by molar-refractivity contribution is 7.99. The van der Waals surface area contributed by atoms with Crippen LogP contribution in [0.4, 0.5) is 0 Å². The second-order valence-corrected chi connectivity index (χ2v) is 8.08. The van der Waals surface area contributed by atoms with Crippen molar-refractivity contribution in [3.05, 3.63) is 53.8 Å². The first kappa shape index (κ1) is 19.0. The van der Waals surface area contributed by atoms with Gasteiger partial charge < -0.3 is 5.32 Å². The van der Waals surface area contributed by atoms with E-state index < -0.39 is 0 Å². The second kappa shape index (κ2) is 8.75. The second-order valence-electron chi connectivity index (χ2n) is 6.70. The molecule has 0 radical (unpaired) electrons. The first-order valence-electron chi connectivity index (χ1n) is 9.24. The molecule has 0 unspecified atom stereocenters. The van der Waals surface area contributed by atoms with Gasteiger partial charge in [0, 0.05) is 34.7 Å². The molecule has 1 saturated carbocycles. The minimum Gasteiger partial charge on any atom is -0.353 e. The number of hydrogen-bond donors (Lipinski definition) is 1. The van der Waals surface area contributed by atoms with Crippen molar-refractivity contribution in [1.82, 2.24) is 25.1 Å². The Morgan fingerprint density at radius 3 is 2.68 bits per heavy atom. The number of aromatic nitrogens is 4. The normalized spacial score (nSPS) is 14.3. The first-order valence-corrected chi connectivity index (χ1v) is 10.6. The van der Waals surface area contributed by atoms with Crippen LogP contribution in [-0.2, 0) is 4.79 Å². The van der Waals surface area contributed by atoms with E-state index in [-0.39, 0.29) is 5.91 Å². The van der Waals surface area contributed by atoms with Gasteiger partial charge in [0.2, 0.25) is 5.91 Å². The minimum atomic E-state index is 0.0329. The lowest BCUT2D eigenvalue weighted by Crippen LogP contribution is -2.33. The molecule has 1 aromatic carbocycles. The number of carbonyl (C=O) groups excluding carboxylic acids is 1. The number of amides is 1. The quantitative estimate of drug-likeness (QED) is 0.615. The molecule has 1 N–H and O–H groups in total. The summed E-state index contributed by atoms with van der Waals surface area (Å²) in [7, 11) is 0. The molecule has 1 aliphatic rings. The van der Waals surface area contributed by atoms with E-state index in [1.165, 1.54) is 24.6 Å². The lowest BCUT2D eigenvalue weighted by Gasteiger charge is -2.12. The zero-order valence-corrected chi connectivity index (χ0v) is 16.8. The number of rotatable bonds is 6. The van der Waals surface area contributed by atoms with Gasteiger partial charge in [-0.3, -0.25) is 14.3 Å². The van der Waals surface area contributed by atoms with Gasteiger partial charge in [-0.25, -0.2) is 0 Å². The lowest BCUT2D eigenvalue weighted by molar-refractivity contribution is -0.119. The maximum atomic E-state index is 12.3. The van der Waals surface area contributed by atoms with Crippen molar-refractivity contribution in [2.45, 2.75) is 36.9 Å². The Kier molecular flexibility index (Phi) is 5.92. The van der Waals surface area contributed by atoms with Crippen LogP contribution >= 0.6 is 23.4 Å². The molecule has 28 heavy (non-hydrogen) atoms. The average molecular weight is 414 g/mol. The maximum Gasteiger partial charge on any atom is 0.230 e. The Morgan fingerprint density at radius 2 is 1.96 bits per heavy atom. The summed E-state index contributed by atoms with van der Waals surface area (Å²) in [4.78, 5) is 16.5. The van der Waals surface area contributed by atoms with Crippen molar-refractivity contribution in [1.29, 1.82) is 0 Å². The topological polar surface area (TPSA) is 72.7 Å². The summed E-state index contributed by atoms with van der Waals surface area (Å²) >= 11 is 7.42. The third-order valence-electron chi connectivity index (χ3n) is 4.69. The van der Waals surface area contributed by atoms with Crippen LogP contribution in [0.25, 0.3) is 17.1 Å². The first-order chi connectivity index (χ1) is 13.7. The van der Waals surface area contributed by atoms with Gasteiger partial charge in [0.25, 0.3) is 0 Å². The highest BCUT2D eigenvalue weighted by Crippen LogP contribution is 2.28. The van der Waals surface area contributed by atoms with Crippen LogP contribution in [0.5, 0.6) is 0 Å². The number of nitrogens with one attached hydrogen (secondary N) is 1. The van der Waals surface area contributed by atoms with E-state index in [4.69, 9.17) is 11.6 Å². The Labute approximate surface area is 172 Å². The highest BCUT2D eigenvalue weighted by Gasteiger charge is 2.20. The van der Waals surface area contributed by atoms with E-state index in [1.807, 2.05) is 41.0 Å². The van der Waals surface area contributed by atoms with Crippen molar-refractivity contribution >= 4 is 29.3 Å². The van der Waals surface area contributed by atoms with E-state index in [9.17, 15) is 4.79 Å². The molecule has 4 rings (SSSR count). The van der Waals surface area contributed by atoms with Crippen molar-refractivity contribution in [2.24, 2.45) is 0 Å².